The van der Waals surface area contributed by atoms with Gasteiger partial charge in [-0.15, -0.1) is 0 Å². The van der Waals surface area contributed by atoms with Crippen molar-refractivity contribution in [1.82, 2.24) is 3.96 Å². The van der Waals surface area contributed by atoms with Crippen LogP contribution < -0.4 is 10.3 Å². The predicted octanol–water partition coefficient (Wildman–Crippen LogP) is 5.32. The Morgan fingerprint density at radius 3 is 2.48 bits per heavy atom. The molecule has 0 aliphatic carbocycles. The summed E-state index contributed by atoms with van der Waals surface area (Å²) in [4.78, 5) is 25.2. The quantitative estimate of drug-likeness (QED) is 0.519. The lowest BCUT2D eigenvalue weighted by atomic mass is 9.99. The van der Waals surface area contributed by atoms with E-state index in [4.69, 9.17) is 32.7 Å². The van der Waals surface area contributed by atoms with E-state index in [1.807, 2.05) is 19.9 Å². The van der Waals surface area contributed by atoms with Gasteiger partial charge in [-0.05, 0) is 35.7 Å². The summed E-state index contributed by atoms with van der Waals surface area (Å²) >= 11 is 13.3. The van der Waals surface area contributed by atoms with Gasteiger partial charge in [-0.2, -0.15) is 0 Å². The molecule has 1 heterocycles. The predicted molar refractivity (Wildman–Crippen MR) is 109 cm³/mol. The van der Waals surface area contributed by atoms with Crippen molar-refractivity contribution >= 4 is 50.8 Å². The van der Waals surface area contributed by atoms with Crippen LogP contribution in [0.15, 0.2) is 35.1 Å². The number of benzene rings is 2. The minimum atomic E-state index is -0.684. The summed E-state index contributed by atoms with van der Waals surface area (Å²) in [7, 11) is 1.58. The highest BCUT2D eigenvalue weighted by Crippen LogP contribution is 2.31. The third-order valence-electron chi connectivity index (χ3n) is 4.09. The van der Waals surface area contributed by atoms with Gasteiger partial charge in [0.05, 0.1) is 32.8 Å². The van der Waals surface area contributed by atoms with Gasteiger partial charge in [-0.1, -0.05) is 54.6 Å². The van der Waals surface area contributed by atoms with E-state index in [1.54, 1.807) is 31.4 Å². The summed E-state index contributed by atoms with van der Waals surface area (Å²) in [5.41, 5.74) is 0.767. The number of halogens is 2. The summed E-state index contributed by atoms with van der Waals surface area (Å²) in [5, 5.41) is 1.01. The Hall–Kier alpha value is -2.02. The molecule has 0 atom stereocenters. The fourth-order valence-corrected chi connectivity index (χ4v) is 4.27. The van der Waals surface area contributed by atoms with E-state index < -0.39 is 5.97 Å². The number of rotatable bonds is 5. The van der Waals surface area contributed by atoms with Gasteiger partial charge in [0.15, 0.2) is 6.73 Å². The number of methoxy groups -OCH3 is 1. The Morgan fingerprint density at radius 2 is 1.89 bits per heavy atom. The minimum absolute atomic E-state index is 0.0829. The molecule has 0 fully saturated rings. The number of hydrogen-bond donors (Lipinski definition) is 0. The Morgan fingerprint density at radius 1 is 1.22 bits per heavy atom. The van der Waals surface area contributed by atoms with Crippen LogP contribution in [0.2, 0.25) is 10.0 Å². The van der Waals surface area contributed by atoms with Gasteiger partial charge in [0.25, 0.3) is 5.56 Å². The number of aromatic nitrogens is 1. The molecule has 0 saturated heterocycles. The van der Waals surface area contributed by atoms with Crippen LogP contribution in [0.4, 0.5) is 0 Å². The van der Waals surface area contributed by atoms with Gasteiger partial charge >= 0.3 is 5.97 Å². The van der Waals surface area contributed by atoms with Crippen LogP contribution in [0.25, 0.3) is 10.1 Å². The molecule has 0 radical (unpaired) electrons. The van der Waals surface area contributed by atoms with Crippen LogP contribution in [0.1, 0.15) is 35.7 Å². The van der Waals surface area contributed by atoms with E-state index in [0.717, 1.165) is 10.3 Å². The zero-order chi connectivity index (χ0) is 19.7. The van der Waals surface area contributed by atoms with E-state index in [2.05, 4.69) is 0 Å². The molecule has 0 spiro atoms. The second kappa shape index (κ2) is 7.92. The first kappa shape index (κ1) is 19.7. The molecule has 0 N–H and O–H groups in total. The van der Waals surface area contributed by atoms with Crippen molar-refractivity contribution in [3.8, 4) is 5.75 Å². The first-order chi connectivity index (χ1) is 12.8. The molecule has 27 heavy (non-hydrogen) atoms. The second-order valence-corrected chi connectivity index (χ2v) is 8.05. The van der Waals surface area contributed by atoms with Crippen molar-refractivity contribution < 1.29 is 14.3 Å². The minimum Gasteiger partial charge on any atom is -0.497 e. The molecule has 2 aromatic carbocycles. The molecular formula is C19H17Cl2NO4S. The van der Waals surface area contributed by atoms with Gasteiger partial charge in [0.1, 0.15) is 5.75 Å². The van der Waals surface area contributed by atoms with Gasteiger partial charge in [-0.25, -0.2) is 8.75 Å². The van der Waals surface area contributed by atoms with Gasteiger partial charge in [-0.3, -0.25) is 4.79 Å². The molecule has 1 aromatic heterocycles. The van der Waals surface area contributed by atoms with E-state index in [-0.39, 0.29) is 33.8 Å². The Bertz CT molecular complexity index is 1050. The summed E-state index contributed by atoms with van der Waals surface area (Å²) in [5.74, 6) is 0.138. The van der Waals surface area contributed by atoms with Crippen LogP contribution in [0, 0.1) is 0 Å². The fourth-order valence-electron chi connectivity index (χ4n) is 2.74. The summed E-state index contributed by atoms with van der Waals surface area (Å²) < 4.78 is 12.8. The molecule has 0 bridgehead atoms. The first-order valence-corrected chi connectivity index (χ1v) is 9.69. The number of carbonyl (C=O) groups is 1. The Kier molecular flexibility index (Phi) is 5.79. The zero-order valence-electron chi connectivity index (χ0n) is 14.9. The number of ether oxygens (including phenoxy) is 2. The molecule has 3 aromatic rings. The van der Waals surface area contributed by atoms with E-state index >= 15 is 0 Å². The molecule has 142 valence electrons. The smallest absolute Gasteiger partial charge is 0.342 e. The van der Waals surface area contributed by atoms with E-state index in [1.165, 1.54) is 15.5 Å². The molecule has 0 amide bonds. The molecule has 0 aliphatic rings. The highest BCUT2D eigenvalue weighted by Gasteiger charge is 2.19. The summed E-state index contributed by atoms with van der Waals surface area (Å²) in [6.45, 7) is 3.79. The second-order valence-electron chi connectivity index (χ2n) is 6.18. The number of fused-ring (bicyclic) bond motifs is 1. The molecule has 8 heteroatoms. The van der Waals surface area contributed by atoms with Gasteiger partial charge in [0, 0.05) is 0 Å². The van der Waals surface area contributed by atoms with Crippen molar-refractivity contribution in [1.29, 1.82) is 0 Å². The molecule has 0 unspecified atom stereocenters. The Labute approximate surface area is 170 Å². The van der Waals surface area contributed by atoms with Crippen molar-refractivity contribution in [2.45, 2.75) is 26.5 Å². The zero-order valence-corrected chi connectivity index (χ0v) is 17.2. The number of hydrogen-bond acceptors (Lipinski definition) is 5. The highest BCUT2D eigenvalue weighted by atomic mass is 35.5. The summed E-state index contributed by atoms with van der Waals surface area (Å²) in [6.07, 6.45) is 0. The number of nitrogens with zero attached hydrogens (tertiary/aromatic N) is 1. The lowest BCUT2D eigenvalue weighted by Gasteiger charge is -2.08. The standard InChI is InChI=1S/C19H17Cl2NO4S/c1-10(2)12-7-11(25-3)8-15-16(12)18(23)22(27-15)9-26-19(24)17-13(20)5-4-6-14(17)21/h4-8,10H,9H2,1-3H3. The van der Waals surface area contributed by atoms with Crippen LogP contribution in [0.3, 0.4) is 0 Å². The third-order valence-corrected chi connectivity index (χ3v) is 5.73. The molecule has 5 nitrogen and oxygen atoms in total. The van der Waals surface area contributed by atoms with Crippen molar-refractivity contribution in [2.75, 3.05) is 7.11 Å². The van der Waals surface area contributed by atoms with E-state index in [9.17, 15) is 9.59 Å². The van der Waals surface area contributed by atoms with Gasteiger partial charge in [0.2, 0.25) is 0 Å². The normalized spacial score (nSPS) is 11.2. The maximum Gasteiger partial charge on any atom is 0.342 e. The van der Waals surface area contributed by atoms with Crippen molar-refractivity contribution in [3.63, 3.8) is 0 Å². The van der Waals surface area contributed by atoms with Crippen molar-refractivity contribution in [3.05, 3.63) is 61.9 Å². The lowest BCUT2D eigenvalue weighted by molar-refractivity contribution is 0.0386. The average Bonchev–Trinajstić information content (AvgIpc) is 2.94. The largest absolute Gasteiger partial charge is 0.497 e. The summed E-state index contributed by atoms with van der Waals surface area (Å²) in [6, 6.07) is 8.41. The molecule has 0 aliphatic heterocycles. The number of esters is 1. The fraction of sp³-hybridized carbons (Fsp3) is 0.263. The highest BCUT2D eigenvalue weighted by molar-refractivity contribution is 7.13. The Balaban J connectivity index is 1.94. The molecular weight excluding hydrogens is 409 g/mol. The molecule has 3 rings (SSSR count). The van der Waals surface area contributed by atoms with Crippen LogP contribution in [0.5, 0.6) is 5.75 Å². The van der Waals surface area contributed by atoms with E-state index in [0.29, 0.717) is 11.1 Å². The van der Waals surface area contributed by atoms with Crippen molar-refractivity contribution in [2.24, 2.45) is 0 Å². The monoisotopic (exact) mass is 425 g/mol. The topological polar surface area (TPSA) is 57.5 Å². The van der Waals surface area contributed by atoms with Crippen LogP contribution >= 0.6 is 34.7 Å². The lowest BCUT2D eigenvalue weighted by Crippen LogP contribution is -2.18. The average molecular weight is 426 g/mol. The SMILES string of the molecule is COc1cc(C(C)C)c2c(=O)n(COC(=O)c3c(Cl)cccc3Cl)sc2c1. The molecule has 0 saturated carbocycles. The number of carbonyl (C=O) groups excluding carboxylic acids is 1. The van der Waals surface area contributed by atoms with Gasteiger partial charge < -0.3 is 9.47 Å². The van der Waals surface area contributed by atoms with Crippen LogP contribution in [-0.2, 0) is 11.5 Å². The van der Waals surface area contributed by atoms with Crippen LogP contribution in [-0.4, -0.2) is 17.0 Å². The maximum atomic E-state index is 12.8. The maximum absolute atomic E-state index is 12.8. The third kappa shape index (κ3) is 3.83. The first-order valence-electron chi connectivity index (χ1n) is 8.16.